The maximum Gasteiger partial charge on any atom is 0.312 e. The molecule has 0 aromatic heterocycles. The van der Waals surface area contributed by atoms with Gasteiger partial charge in [-0.3, -0.25) is 9.59 Å². The van der Waals surface area contributed by atoms with Gasteiger partial charge in [0.2, 0.25) is 0 Å². The van der Waals surface area contributed by atoms with Crippen LogP contribution in [0, 0.1) is 30.6 Å². The second kappa shape index (κ2) is 21.5. The summed E-state index contributed by atoms with van der Waals surface area (Å²) in [6, 6.07) is 14.5. The van der Waals surface area contributed by atoms with Crippen molar-refractivity contribution in [3.8, 4) is 5.75 Å². The first kappa shape index (κ1) is 49.9. The zero-order chi connectivity index (χ0) is 45.4. The van der Waals surface area contributed by atoms with E-state index < -0.39 is 83.6 Å². The molecule has 4 rings (SSSR count). The first-order valence-electron chi connectivity index (χ1n) is 21.5. The Balaban J connectivity index is 1.89. The van der Waals surface area contributed by atoms with Crippen LogP contribution in [0.2, 0.25) is 0 Å². The van der Waals surface area contributed by atoms with Crippen LogP contribution in [-0.2, 0) is 39.7 Å². The van der Waals surface area contributed by atoms with Gasteiger partial charge in [0.15, 0.2) is 6.29 Å². The van der Waals surface area contributed by atoms with Crippen molar-refractivity contribution in [1.29, 1.82) is 0 Å². The lowest BCUT2D eigenvalue weighted by atomic mass is 9.73. The second-order valence-electron chi connectivity index (χ2n) is 17.9. The number of carbonyl (C=O) groups is 2. The summed E-state index contributed by atoms with van der Waals surface area (Å²) >= 11 is 0. The summed E-state index contributed by atoms with van der Waals surface area (Å²) in [5.41, 5.74) is -0.217. The van der Waals surface area contributed by atoms with Gasteiger partial charge in [-0.15, -0.1) is 0 Å². The van der Waals surface area contributed by atoms with Gasteiger partial charge in [0.1, 0.15) is 29.7 Å². The molecule has 2 aromatic carbocycles. The summed E-state index contributed by atoms with van der Waals surface area (Å²) in [5.74, 6) is -3.78. The van der Waals surface area contributed by atoms with Gasteiger partial charge in [-0.05, 0) is 109 Å². The van der Waals surface area contributed by atoms with Crippen LogP contribution >= 0.6 is 0 Å². The van der Waals surface area contributed by atoms with Crippen LogP contribution in [0.3, 0.4) is 0 Å². The zero-order valence-corrected chi connectivity index (χ0v) is 38.4. The standard InChI is InChI=1S/C47H71N3O11/c1-14-37-47(9,55)42(53)30(5)39(49-48-26-34-19-21-35(56-12)22-20-34)28(3)25-46(8,57-13)43(61-45-40(52)36(50(10)11)23-29(4)58-45)31(6)41(32(7)44(54)59-37)60-38(51)24-33-17-15-27(2)16-18-33/h15-22,26,28-32,36-37,40-43,45,52-53,55H,14,23-25H2,1-13H3. The maximum atomic E-state index is 14.3. The molecule has 0 amide bonds. The number of hydrogen-bond acceptors (Lipinski definition) is 14. The predicted molar refractivity (Wildman–Crippen MR) is 234 cm³/mol. The van der Waals surface area contributed by atoms with Gasteiger partial charge >= 0.3 is 11.9 Å². The first-order valence-corrected chi connectivity index (χ1v) is 21.5. The third kappa shape index (κ3) is 12.2. The Bertz CT molecular complexity index is 1780. The fraction of sp³-hybridized carbons (Fsp3) is 0.660. The number of methoxy groups -OCH3 is 2. The van der Waals surface area contributed by atoms with Gasteiger partial charge in [0.05, 0.1) is 49.6 Å². The normalized spacial score (nSPS) is 36.4. The number of benzene rings is 2. The topological polar surface area (TPSA) is 178 Å². The maximum absolute atomic E-state index is 14.3. The molecule has 0 radical (unpaired) electrons. The van der Waals surface area contributed by atoms with E-state index in [1.807, 2.05) is 102 Å². The van der Waals surface area contributed by atoms with E-state index in [0.717, 1.165) is 16.7 Å². The largest absolute Gasteiger partial charge is 0.497 e. The number of aliphatic hydroxyl groups excluding tert-OH is 2. The molecule has 0 spiro atoms. The van der Waals surface area contributed by atoms with Crippen molar-refractivity contribution in [3.05, 3.63) is 65.2 Å². The molecule has 3 N–H and O–H groups in total. The average molecular weight is 854 g/mol. The molecule has 340 valence electrons. The molecule has 61 heavy (non-hydrogen) atoms. The van der Waals surface area contributed by atoms with Crippen LogP contribution in [0.15, 0.2) is 58.7 Å². The number of aryl methyl sites for hydroxylation is 1. The molecule has 14 atom stereocenters. The number of rotatable bonds is 11. The van der Waals surface area contributed by atoms with Crippen molar-refractivity contribution in [2.45, 2.75) is 148 Å². The van der Waals surface area contributed by atoms with Crippen LogP contribution in [0.25, 0.3) is 0 Å². The van der Waals surface area contributed by atoms with Gasteiger partial charge in [0.25, 0.3) is 0 Å². The van der Waals surface area contributed by atoms with Gasteiger partial charge < -0.3 is 48.6 Å². The number of hydrogen-bond donors (Lipinski definition) is 3. The Kier molecular flexibility index (Phi) is 17.6. The molecule has 2 saturated heterocycles. The van der Waals surface area contributed by atoms with Crippen LogP contribution < -0.4 is 4.74 Å². The molecular formula is C47H71N3O11. The molecular weight excluding hydrogens is 783 g/mol. The highest BCUT2D eigenvalue weighted by atomic mass is 16.7. The van der Waals surface area contributed by atoms with Crippen LogP contribution in [-0.4, -0.2) is 133 Å². The van der Waals surface area contributed by atoms with Gasteiger partial charge in [0, 0.05) is 30.7 Å². The number of likely N-dealkylation sites (N-methyl/N-ethyl adjacent to an activating group) is 1. The summed E-state index contributed by atoms with van der Waals surface area (Å²) in [7, 11) is 6.91. The Morgan fingerprint density at radius 1 is 0.984 bits per heavy atom. The molecule has 0 bridgehead atoms. The number of esters is 2. The third-order valence-corrected chi connectivity index (χ3v) is 12.8. The van der Waals surface area contributed by atoms with Crippen LogP contribution in [0.4, 0.5) is 0 Å². The lowest BCUT2D eigenvalue weighted by Gasteiger charge is -2.48. The highest BCUT2D eigenvalue weighted by Crippen LogP contribution is 2.40. The zero-order valence-electron chi connectivity index (χ0n) is 38.4. The van der Waals surface area contributed by atoms with Crippen molar-refractivity contribution in [2.24, 2.45) is 33.9 Å². The van der Waals surface area contributed by atoms with Crippen LogP contribution in [0.1, 0.15) is 91.3 Å². The first-order chi connectivity index (χ1) is 28.7. The summed E-state index contributed by atoms with van der Waals surface area (Å²) in [6.07, 6.45) is -4.78. The summed E-state index contributed by atoms with van der Waals surface area (Å²) in [5, 5.41) is 45.0. The quantitative estimate of drug-likeness (QED) is 0.147. The highest BCUT2D eigenvalue weighted by molar-refractivity contribution is 5.90. The van der Waals surface area contributed by atoms with E-state index in [1.54, 1.807) is 41.2 Å². The van der Waals surface area contributed by atoms with Gasteiger partial charge in [-0.1, -0.05) is 57.5 Å². The molecule has 2 aromatic rings. The third-order valence-electron chi connectivity index (χ3n) is 12.8. The SMILES string of the molecule is CCC1OC(=O)C(C)C(OC(=O)Cc2ccc(C)cc2)C(C)C(OC2OC(C)CC(N(C)C)C2O)C(C)(OC)CC(C)C(=NN=Cc2ccc(OC)cc2)C(C)C(O)C1(C)O. The highest BCUT2D eigenvalue weighted by Gasteiger charge is 2.52. The number of aliphatic hydroxyl groups is 3. The average Bonchev–Trinajstić information content (AvgIpc) is 3.22. The molecule has 2 aliphatic heterocycles. The minimum Gasteiger partial charge on any atom is -0.497 e. The smallest absolute Gasteiger partial charge is 0.312 e. The van der Waals surface area contributed by atoms with Gasteiger partial charge in [-0.25, -0.2) is 0 Å². The molecule has 2 aliphatic rings. The van der Waals surface area contributed by atoms with E-state index >= 15 is 0 Å². The predicted octanol–water partition coefficient (Wildman–Crippen LogP) is 5.53. The minimum absolute atomic E-state index is 0.0604. The number of nitrogens with zero attached hydrogens (tertiary/aromatic N) is 3. The van der Waals surface area contributed by atoms with E-state index in [1.165, 1.54) is 6.92 Å². The van der Waals surface area contributed by atoms with Crippen LogP contribution in [0.5, 0.6) is 5.75 Å². The Labute approximate surface area is 362 Å². The second-order valence-corrected chi connectivity index (χ2v) is 17.9. The summed E-state index contributed by atoms with van der Waals surface area (Å²) in [4.78, 5) is 30.2. The number of cyclic esters (lactones) is 1. The lowest BCUT2D eigenvalue weighted by Crippen LogP contribution is -2.60. The van der Waals surface area contributed by atoms with E-state index in [9.17, 15) is 24.9 Å². The molecule has 2 heterocycles. The summed E-state index contributed by atoms with van der Waals surface area (Å²) in [6.45, 7) is 16.0. The minimum atomic E-state index is -1.94. The fourth-order valence-electron chi connectivity index (χ4n) is 8.90. The Morgan fingerprint density at radius 2 is 1.62 bits per heavy atom. The molecule has 0 aliphatic carbocycles. The lowest BCUT2D eigenvalue weighted by molar-refractivity contribution is -0.301. The molecule has 14 unspecified atom stereocenters. The number of ether oxygens (including phenoxy) is 6. The molecule has 14 nitrogen and oxygen atoms in total. The van der Waals surface area contributed by atoms with Crippen molar-refractivity contribution in [1.82, 2.24) is 4.90 Å². The van der Waals surface area contributed by atoms with Crippen molar-refractivity contribution in [3.63, 3.8) is 0 Å². The summed E-state index contributed by atoms with van der Waals surface area (Å²) < 4.78 is 37.3. The van der Waals surface area contributed by atoms with E-state index in [0.29, 0.717) is 17.9 Å². The fourth-order valence-corrected chi connectivity index (χ4v) is 8.90. The van der Waals surface area contributed by atoms with Gasteiger partial charge in [-0.2, -0.15) is 10.2 Å². The number of carbonyl (C=O) groups excluding carboxylic acids is 2. The van der Waals surface area contributed by atoms with E-state index in [4.69, 9.17) is 33.5 Å². The van der Waals surface area contributed by atoms with Crippen molar-refractivity contribution in [2.75, 3.05) is 28.3 Å². The Morgan fingerprint density at radius 3 is 2.20 bits per heavy atom. The molecule has 0 saturated carbocycles. The molecule has 2 fully saturated rings. The Hall–Kier alpha value is -3.76. The molecule has 14 heteroatoms. The van der Waals surface area contributed by atoms with E-state index in [2.05, 4.69) is 5.10 Å². The monoisotopic (exact) mass is 854 g/mol. The van der Waals surface area contributed by atoms with Crippen molar-refractivity contribution >= 4 is 23.9 Å². The van der Waals surface area contributed by atoms with Crippen molar-refractivity contribution < 1.29 is 53.3 Å². The van der Waals surface area contributed by atoms with E-state index in [-0.39, 0.29) is 31.4 Å².